The molecule has 0 saturated carbocycles. The summed E-state index contributed by atoms with van der Waals surface area (Å²) >= 11 is 0. The molecular formula is C12H21N3O4. The van der Waals surface area contributed by atoms with Gasteiger partial charge in [-0.1, -0.05) is 0 Å². The number of nitrogens with zero attached hydrogens (tertiary/aromatic N) is 2. The fourth-order valence-electron chi connectivity index (χ4n) is 2.70. The third-order valence-electron chi connectivity index (χ3n) is 3.73. The first kappa shape index (κ1) is 14.1. The first-order chi connectivity index (χ1) is 9.08. The van der Waals surface area contributed by atoms with Crippen LogP contribution in [0.1, 0.15) is 19.3 Å². The number of amides is 2. The van der Waals surface area contributed by atoms with Gasteiger partial charge in [-0.25, -0.2) is 9.59 Å². The van der Waals surface area contributed by atoms with Crippen LogP contribution in [0.3, 0.4) is 0 Å². The molecule has 0 aliphatic carbocycles. The zero-order valence-electron chi connectivity index (χ0n) is 10.9. The highest BCUT2D eigenvalue weighted by molar-refractivity contribution is 5.83. The van der Waals surface area contributed by atoms with Gasteiger partial charge in [-0.05, 0) is 25.9 Å². The van der Waals surface area contributed by atoms with Gasteiger partial charge in [0.25, 0.3) is 0 Å². The highest BCUT2D eigenvalue weighted by atomic mass is 16.4. The SMILES string of the molecule is O=C(O)[C@@H]1C[C@H](O)CN1C(=O)NCCN1CCCC1. The van der Waals surface area contributed by atoms with E-state index in [-0.39, 0.29) is 13.0 Å². The number of hydrogen-bond donors (Lipinski definition) is 3. The van der Waals surface area contributed by atoms with Crippen LogP contribution in [0.2, 0.25) is 0 Å². The lowest BCUT2D eigenvalue weighted by atomic mass is 10.2. The molecule has 0 spiro atoms. The van der Waals surface area contributed by atoms with Gasteiger partial charge in [0.2, 0.25) is 0 Å². The molecule has 0 aromatic rings. The fourth-order valence-corrected chi connectivity index (χ4v) is 2.70. The average molecular weight is 271 g/mol. The highest BCUT2D eigenvalue weighted by Gasteiger charge is 2.38. The van der Waals surface area contributed by atoms with Crippen LogP contribution in [0, 0.1) is 0 Å². The zero-order chi connectivity index (χ0) is 13.8. The molecule has 0 aromatic carbocycles. The summed E-state index contributed by atoms with van der Waals surface area (Å²) in [4.78, 5) is 26.4. The molecular weight excluding hydrogens is 250 g/mol. The van der Waals surface area contributed by atoms with E-state index in [0.29, 0.717) is 6.54 Å². The number of urea groups is 1. The first-order valence-corrected chi connectivity index (χ1v) is 6.75. The lowest BCUT2D eigenvalue weighted by Gasteiger charge is -2.22. The number of nitrogens with one attached hydrogen (secondary N) is 1. The number of hydrogen-bond acceptors (Lipinski definition) is 4. The molecule has 0 radical (unpaired) electrons. The predicted octanol–water partition coefficient (Wildman–Crippen LogP) is -0.688. The van der Waals surface area contributed by atoms with Gasteiger partial charge in [0, 0.05) is 26.1 Å². The van der Waals surface area contributed by atoms with Crippen LogP contribution in [-0.2, 0) is 4.79 Å². The molecule has 2 aliphatic rings. The molecule has 7 nitrogen and oxygen atoms in total. The average Bonchev–Trinajstić information content (AvgIpc) is 2.98. The maximum Gasteiger partial charge on any atom is 0.326 e. The molecule has 108 valence electrons. The van der Waals surface area contributed by atoms with E-state index in [1.807, 2.05) is 0 Å². The molecule has 2 amide bonds. The van der Waals surface area contributed by atoms with Crippen molar-refractivity contribution < 1.29 is 19.8 Å². The number of carbonyl (C=O) groups excluding carboxylic acids is 1. The second-order valence-electron chi connectivity index (χ2n) is 5.18. The Bertz CT molecular complexity index is 344. The third-order valence-corrected chi connectivity index (χ3v) is 3.73. The van der Waals surface area contributed by atoms with Crippen LogP contribution in [0.15, 0.2) is 0 Å². The summed E-state index contributed by atoms with van der Waals surface area (Å²) in [7, 11) is 0. The molecule has 2 fully saturated rings. The molecule has 19 heavy (non-hydrogen) atoms. The Morgan fingerprint density at radius 2 is 1.95 bits per heavy atom. The lowest BCUT2D eigenvalue weighted by Crippen LogP contribution is -2.47. The molecule has 0 aromatic heterocycles. The Balaban J connectivity index is 1.76. The minimum Gasteiger partial charge on any atom is -0.480 e. The quantitative estimate of drug-likeness (QED) is 0.629. The molecule has 7 heteroatoms. The van der Waals surface area contributed by atoms with Crippen LogP contribution in [0.5, 0.6) is 0 Å². The van der Waals surface area contributed by atoms with Crippen molar-refractivity contribution in [3.8, 4) is 0 Å². The number of carboxylic acid groups (broad SMARTS) is 1. The number of β-amino-alcohol motifs (C(OH)–C–C–N with tert-alkyl or cyclic N) is 1. The maximum atomic E-state index is 11.9. The van der Waals surface area contributed by atoms with E-state index in [1.165, 1.54) is 17.7 Å². The number of rotatable bonds is 4. The van der Waals surface area contributed by atoms with Gasteiger partial charge < -0.3 is 25.3 Å². The second kappa shape index (κ2) is 6.21. The Labute approximate surface area is 112 Å². The van der Waals surface area contributed by atoms with Gasteiger partial charge in [0.1, 0.15) is 6.04 Å². The molecule has 3 N–H and O–H groups in total. The van der Waals surface area contributed by atoms with Gasteiger partial charge >= 0.3 is 12.0 Å². The summed E-state index contributed by atoms with van der Waals surface area (Å²) in [5.41, 5.74) is 0. The van der Waals surface area contributed by atoms with Crippen LogP contribution in [-0.4, -0.2) is 76.9 Å². The Hall–Kier alpha value is -1.34. The van der Waals surface area contributed by atoms with Gasteiger partial charge in [-0.2, -0.15) is 0 Å². The summed E-state index contributed by atoms with van der Waals surface area (Å²) in [6, 6.07) is -1.31. The number of likely N-dealkylation sites (tertiary alicyclic amines) is 2. The minimum absolute atomic E-state index is 0.0898. The topological polar surface area (TPSA) is 93.1 Å². The number of carbonyl (C=O) groups is 2. The van der Waals surface area contributed by atoms with Crippen LogP contribution in [0.4, 0.5) is 4.79 Å². The second-order valence-corrected chi connectivity index (χ2v) is 5.18. The summed E-state index contributed by atoms with van der Waals surface area (Å²) in [6.07, 6.45) is 1.76. The minimum atomic E-state index is -1.06. The Kier molecular flexibility index (Phi) is 4.60. The fraction of sp³-hybridized carbons (Fsp3) is 0.833. The van der Waals surface area contributed by atoms with Crippen molar-refractivity contribution in [2.75, 3.05) is 32.7 Å². The molecule has 2 heterocycles. The smallest absolute Gasteiger partial charge is 0.326 e. The van der Waals surface area contributed by atoms with Crippen LogP contribution in [0.25, 0.3) is 0 Å². The first-order valence-electron chi connectivity index (χ1n) is 6.75. The maximum absolute atomic E-state index is 11.9. The van der Waals surface area contributed by atoms with Crippen LogP contribution < -0.4 is 5.32 Å². The van der Waals surface area contributed by atoms with Crippen molar-refractivity contribution in [3.63, 3.8) is 0 Å². The molecule has 2 rings (SSSR count). The van der Waals surface area contributed by atoms with E-state index in [0.717, 1.165) is 19.6 Å². The highest BCUT2D eigenvalue weighted by Crippen LogP contribution is 2.18. The lowest BCUT2D eigenvalue weighted by molar-refractivity contribution is -0.141. The number of aliphatic hydroxyl groups excluding tert-OH is 1. The van der Waals surface area contributed by atoms with Crippen molar-refractivity contribution in [2.45, 2.75) is 31.4 Å². The largest absolute Gasteiger partial charge is 0.480 e. The van der Waals surface area contributed by atoms with E-state index >= 15 is 0 Å². The normalized spacial score (nSPS) is 27.7. The van der Waals surface area contributed by atoms with E-state index in [1.54, 1.807) is 0 Å². The Morgan fingerprint density at radius 3 is 2.58 bits per heavy atom. The summed E-state index contributed by atoms with van der Waals surface area (Å²) in [5, 5.41) is 21.2. The van der Waals surface area contributed by atoms with E-state index < -0.39 is 24.1 Å². The van der Waals surface area contributed by atoms with Crippen molar-refractivity contribution in [1.29, 1.82) is 0 Å². The van der Waals surface area contributed by atoms with Crippen molar-refractivity contribution in [3.05, 3.63) is 0 Å². The summed E-state index contributed by atoms with van der Waals surface area (Å²) < 4.78 is 0. The van der Waals surface area contributed by atoms with E-state index in [4.69, 9.17) is 5.11 Å². The van der Waals surface area contributed by atoms with E-state index in [2.05, 4.69) is 10.2 Å². The van der Waals surface area contributed by atoms with Crippen molar-refractivity contribution in [1.82, 2.24) is 15.1 Å². The monoisotopic (exact) mass is 271 g/mol. The van der Waals surface area contributed by atoms with Crippen LogP contribution >= 0.6 is 0 Å². The Morgan fingerprint density at radius 1 is 1.26 bits per heavy atom. The van der Waals surface area contributed by atoms with E-state index in [9.17, 15) is 14.7 Å². The van der Waals surface area contributed by atoms with Gasteiger partial charge in [-0.3, -0.25) is 0 Å². The zero-order valence-corrected chi connectivity index (χ0v) is 10.9. The molecule has 2 saturated heterocycles. The number of carboxylic acids is 1. The van der Waals surface area contributed by atoms with Crippen molar-refractivity contribution in [2.24, 2.45) is 0 Å². The predicted molar refractivity (Wildman–Crippen MR) is 67.8 cm³/mol. The summed E-state index contributed by atoms with van der Waals surface area (Å²) in [6.45, 7) is 3.52. The molecule has 2 aliphatic heterocycles. The number of aliphatic carboxylic acids is 1. The number of aliphatic hydroxyl groups is 1. The van der Waals surface area contributed by atoms with Gasteiger partial charge in [0.05, 0.1) is 6.10 Å². The van der Waals surface area contributed by atoms with Crippen molar-refractivity contribution >= 4 is 12.0 Å². The molecule has 2 atom stereocenters. The molecule has 0 bridgehead atoms. The standard InChI is InChI=1S/C12H21N3O4/c16-9-7-10(11(17)18)15(8-9)12(19)13-3-6-14-4-1-2-5-14/h9-10,16H,1-8H2,(H,13,19)(H,17,18)/t9-,10-/m0/s1. The third kappa shape index (κ3) is 3.57. The molecule has 0 unspecified atom stereocenters. The van der Waals surface area contributed by atoms with Gasteiger partial charge in [0.15, 0.2) is 0 Å². The van der Waals surface area contributed by atoms with Gasteiger partial charge in [-0.15, -0.1) is 0 Å². The summed E-state index contributed by atoms with van der Waals surface area (Å²) in [5.74, 6) is -1.06.